The number of benzene rings is 3. The summed E-state index contributed by atoms with van der Waals surface area (Å²) in [5, 5.41) is 0.683. The maximum Gasteiger partial charge on any atom is 0.243 e. The fourth-order valence-corrected chi connectivity index (χ4v) is 8.43. The highest BCUT2D eigenvalue weighted by atomic mass is 35.5. The second-order valence-electron chi connectivity index (χ2n) is 12.5. The van der Waals surface area contributed by atoms with E-state index in [0.717, 1.165) is 11.1 Å². The molecule has 8 nitrogen and oxygen atoms in total. The van der Waals surface area contributed by atoms with Crippen LogP contribution in [0.2, 0.25) is 5.02 Å². The van der Waals surface area contributed by atoms with Crippen LogP contribution in [0.15, 0.2) is 77.7 Å². The molecule has 0 bridgehead atoms. The van der Waals surface area contributed by atoms with Gasteiger partial charge in [0.15, 0.2) is 0 Å². The molecule has 2 saturated heterocycles. The summed E-state index contributed by atoms with van der Waals surface area (Å²) in [5.74, 6) is 1.67. The summed E-state index contributed by atoms with van der Waals surface area (Å²) in [6, 6.07) is 21.0. The highest BCUT2D eigenvalue weighted by Crippen LogP contribution is 2.32. The molecule has 240 valence electrons. The maximum atomic E-state index is 14.0. The van der Waals surface area contributed by atoms with E-state index in [4.69, 9.17) is 26.8 Å². The first kappa shape index (κ1) is 31.9. The van der Waals surface area contributed by atoms with E-state index in [2.05, 4.69) is 0 Å². The van der Waals surface area contributed by atoms with Crippen molar-refractivity contribution >= 4 is 27.5 Å². The normalized spacial score (nSPS) is 23.2. The number of nitrogens with two attached hydrogens (primary N) is 1. The minimum atomic E-state index is -3.95. The molecule has 0 spiro atoms. The van der Waals surface area contributed by atoms with Gasteiger partial charge in [-0.1, -0.05) is 55.1 Å². The van der Waals surface area contributed by atoms with Crippen molar-refractivity contribution < 1.29 is 22.7 Å². The Kier molecular flexibility index (Phi) is 9.99. The van der Waals surface area contributed by atoms with E-state index in [1.807, 2.05) is 48.5 Å². The van der Waals surface area contributed by atoms with E-state index in [1.165, 1.54) is 36.4 Å². The molecule has 0 aromatic heterocycles. The van der Waals surface area contributed by atoms with Gasteiger partial charge >= 0.3 is 0 Å². The zero-order valence-electron chi connectivity index (χ0n) is 25.5. The fraction of sp³-hybridized carbons (Fsp3) is 0.457. The van der Waals surface area contributed by atoms with Crippen molar-refractivity contribution in [2.24, 2.45) is 11.7 Å². The van der Waals surface area contributed by atoms with Crippen LogP contribution in [0.1, 0.15) is 51.4 Å². The Morgan fingerprint density at radius 3 is 2.11 bits per heavy atom. The molecule has 3 atom stereocenters. The van der Waals surface area contributed by atoms with Crippen LogP contribution in [0.25, 0.3) is 11.1 Å². The highest BCUT2D eigenvalue weighted by Gasteiger charge is 2.44. The Hall–Kier alpha value is -3.11. The number of rotatable bonds is 9. The summed E-state index contributed by atoms with van der Waals surface area (Å²) in [7, 11) is -3.95. The minimum Gasteiger partial charge on any atom is -0.493 e. The van der Waals surface area contributed by atoms with E-state index in [-0.39, 0.29) is 35.9 Å². The van der Waals surface area contributed by atoms with Crippen molar-refractivity contribution in [2.75, 3.05) is 26.2 Å². The summed E-state index contributed by atoms with van der Waals surface area (Å²) in [6.07, 6.45) is 7.23. The number of ether oxygens (including phenoxy) is 2. The van der Waals surface area contributed by atoms with Crippen LogP contribution in [0.4, 0.5) is 0 Å². The number of sulfonamides is 1. The second kappa shape index (κ2) is 14.1. The summed E-state index contributed by atoms with van der Waals surface area (Å²) in [6.45, 7) is 1.77. The number of piperidine rings is 1. The lowest BCUT2D eigenvalue weighted by Crippen LogP contribution is -2.56. The number of hydrogen-bond acceptors (Lipinski definition) is 6. The molecule has 1 saturated carbocycles. The van der Waals surface area contributed by atoms with Gasteiger partial charge in [-0.3, -0.25) is 4.79 Å². The number of hydrogen-bond donors (Lipinski definition) is 1. The van der Waals surface area contributed by atoms with E-state index in [0.29, 0.717) is 55.0 Å². The number of likely N-dealkylation sites (tertiary alicyclic amines) is 1. The van der Waals surface area contributed by atoms with Crippen molar-refractivity contribution in [2.45, 2.75) is 74.4 Å². The van der Waals surface area contributed by atoms with Gasteiger partial charge in [0.2, 0.25) is 15.9 Å². The lowest BCUT2D eigenvalue weighted by Gasteiger charge is -2.39. The zero-order valence-corrected chi connectivity index (χ0v) is 27.1. The molecule has 3 aromatic rings. The number of carbonyl (C=O) groups is 1. The van der Waals surface area contributed by atoms with Crippen molar-refractivity contribution in [1.29, 1.82) is 0 Å². The zero-order chi connectivity index (χ0) is 31.4. The van der Waals surface area contributed by atoms with Gasteiger partial charge in [-0.2, -0.15) is 4.31 Å². The Bertz CT molecular complexity index is 1540. The van der Waals surface area contributed by atoms with Gasteiger partial charge in [0.1, 0.15) is 23.6 Å². The SMILES string of the molecule is N[C@H]1CCN(C(=O)[C@@H]2C[C@H](Oc3ccc(-c4ccc(Cl)cc4)cc3)CCN2S(=O)(=O)c2ccc(OCC3CCCCC3)cc2)C1. The van der Waals surface area contributed by atoms with E-state index in [9.17, 15) is 13.2 Å². The van der Waals surface area contributed by atoms with Crippen LogP contribution >= 0.6 is 11.6 Å². The molecule has 2 heterocycles. The summed E-state index contributed by atoms with van der Waals surface area (Å²) < 4.78 is 41.7. The number of halogens is 1. The van der Waals surface area contributed by atoms with Gasteiger partial charge in [-0.25, -0.2) is 8.42 Å². The van der Waals surface area contributed by atoms with Crippen molar-refractivity contribution in [3.63, 3.8) is 0 Å². The first-order chi connectivity index (χ1) is 21.8. The van der Waals surface area contributed by atoms with Crippen LogP contribution < -0.4 is 15.2 Å². The quantitative estimate of drug-likeness (QED) is 0.299. The molecule has 10 heteroatoms. The molecule has 3 fully saturated rings. The van der Waals surface area contributed by atoms with Crippen LogP contribution in [0.5, 0.6) is 11.5 Å². The molecule has 3 aromatic carbocycles. The van der Waals surface area contributed by atoms with Gasteiger partial charge in [0, 0.05) is 37.1 Å². The van der Waals surface area contributed by atoms with E-state index < -0.39 is 16.1 Å². The Morgan fingerprint density at radius 1 is 0.822 bits per heavy atom. The molecular weight excluding hydrogens is 610 g/mol. The summed E-state index contributed by atoms with van der Waals surface area (Å²) in [5.41, 5.74) is 8.19. The topological polar surface area (TPSA) is 102 Å². The molecule has 0 radical (unpaired) electrons. The lowest BCUT2D eigenvalue weighted by molar-refractivity contribution is -0.136. The first-order valence-corrected chi connectivity index (χ1v) is 17.9. The van der Waals surface area contributed by atoms with Crippen LogP contribution in [-0.2, 0) is 14.8 Å². The van der Waals surface area contributed by atoms with Crippen molar-refractivity contribution in [3.8, 4) is 22.6 Å². The fourth-order valence-electron chi connectivity index (χ4n) is 6.70. The molecule has 45 heavy (non-hydrogen) atoms. The Morgan fingerprint density at radius 2 is 1.47 bits per heavy atom. The van der Waals surface area contributed by atoms with E-state index >= 15 is 0 Å². The van der Waals surface area contributed by atoms with Gasteiger partial charge in [0.05, 0.1) is 11.5 Å². The Balaban J connectivity index is 1.15. The summed E-state index contributed by atoms with van der Waals surface area (Å²) >= 11 is 6.03. The molecule has 6 rings (SSSR count). The van der Waals surface area contributed by atoms with E-state index in [1.54, 1.807) is 29.2 Å². The van der Waals surface area contributed by atoms with Crippen molar-refractivity contribution in [1.82, 2.24) is 9.21 Å². The predicted molar refractivity (Wildman–Crippen MR) is 176 cm³/mol. The Labute approximate surface area is 271 Å². The third-order valence-corrected chi connectivity index (χ3v) is 11.5. The monoisotopic (exact) mass is 651 g/mol. The number of nitrogens with zero attached hydrogens (tertiary/aromatic N) is 2. The smallest absolute Gasteiger partial charge is 0.243 e. The second-order valence-corrected chi connectivity index (χ2v) is 14.9. The van der Waals surface area contributed by atoms with Crippen LogP contribution in [-0.4, -0.2) is 68.0 Å². The highest BCUT2D eigenvalue weighted by molar-refractivity contribution is 7.89. The van der Waals surface area contributed by atoms with Gasteiger partial charge in [-0.05, 0) is 91.3 Å². The molecule has 1 aliphatic carbocycles. The van der Waals surface area contributed by atoms with Gasteiger partial charge < -0.3 is 20.1 Å². The van der Waals surface area contributed by atoms with Crippen LogP contribution in [0.3, 0.4) is 0 Å². The van der Waals surface area contributed by atoms with Crippen molar-refractivity contribution in [3.05, 3.63) is 77.8 Å². The van der Waals surface area contributed by atoms with Gasteiger partial charge in [-0.15, -0.1) is 0 Å². The van der Waals surface area contributed by atoms with Crippen LogP contribution in [0, 0.1) is 5.92 Å². The molecule has 2 aliphatic heterocycles. The lowest BCUT2D eigenvalue weighted by atomic mass is 9.90. The molecule has 1 amide bonds. The largest absolute Gasteiger partial charge is 0.493 e. The third kappa shape index (κ3) is 7.65. The molecule has 2 N–H and O–H groups in total. The average molecular weight is 652 g/mol. The first-order valence-electron chi connectivity index (χ1n) is 16.1. The molecule has 0 unspecified atom stereocenters. The number of carbonyl (C=O) groups excluding carboxylic acids is 1. The molecular formula is C35H42ClN3O5S. The minimum absolute atomic E-state index is 0.102. The number of amides is 1. The predicted octanol–water partition coefficient (Wildman–Crippen LogP) is 6.13. The maximum absolute atomic E-state index is 14.0. The average Bonchev–Trinajstić information content (AvgIpc) is 3.51. The summed E-state index contributed by atoms with van der Waals surface area (Å²) in [4.78, 5) is 15.7. The van der Waals surface area contributed by atoms with Gasteiger partial charge in [0.25, 0.3) is 0 Å². The standard InChI is InChI=1S/C35H42ClN3O5S/c36-28-10-6-26(7-11-28)27-8-12-31(13-9-27)44-32-19-21-39(34(22-32)35(40)38-20-18-29(37)23-38)45(41,42)33-16-14-30(15-17-33)43-24-25-4-2-1-3-5-25/h6-17,25,29,32,34H,1-5,18-24,37H2/t29-,32+,34-/m0/s1. The molecule has 3 aliphatic rings. The third-order valence-electron chi connectivity index (χ3n) is 9.30.